The Morgan fingerprint density at radius 2 is 2.00 bits per heavy atom. The topological polar surface area (TPSA) is 102 Å². The molecule has 1 fully saturated rings. The van der Waals surface area contributed by atoms with Crippen molar-refractivity contribution >= 4 is 11.6 Å². The van der Waals surface area contributed by atoms with Crippen molar-refractivity contribution in [2.75, 3.05) is 5.32 Å². The molecule has 0 bridgehead atoms. The van der Waals surface area contributed by atoms with Gasteiger partial charge in [-0.05, 0) is 62.1 Å². The van der Waals surface area contributed by atoms with Gasteiger partial charge in [-0.3, -0.25) is 14.3 Å². The number of hydrogen-bond acceptors (Lipinski definition) is 5. The van der Waals surface area contributed by atoms with E-state index in [1.54, 1.807) is 18.5 Å². The normalized spacial score (nSPS) is 18.9. The van der Waals surface area contributed by atoms with Gasteiger partial charge in [-0.1, -0.05) is 0 Å². The molecule has 7 nitrogen and oxygen atoms in total. The van der Waals surface area contributed by atoms with Crippen LogP contribution in [0.4, 0.5) is 5.69 Å². The van der Waals surface area contributed by atoms with Gasteiger partial charge < -0.3 is 20.9 Å². The highest BCUT2D eigenvalue weighted by Gasteiger charge is 2.21. The molecule has 0 aliphatic heterocycles. The predicted molar refractivity (Wildman–Crippen MR) is 110 cm³/mol. The van der Waals surface area contributed by atoms with Gasteiger partial charge in [0, 0.05) is 30.2 Å². The summed E-state index contributed by atoms with van der Waals surface area (Å²) in [5.41, 5.74) is 7.57. The number of aliphatic hydroxyl groups is 1. The zero-order valence-corrected chi connectivity index (χ0v) is 16.0. The summed E-state index contributed by atoms with van der Waals surface area (Å²) in [6.45, 7) is 0. The Morgan fingerprint density at radius 3 is 2.72 bits per heavy atom. The average Bonchev–Trinajstić information content (AvgIpc) is 3.18. The number of primary amides is 1. The van der Waals surface area contributed by atoms with E-state index < -0.39 is 5.91 Å². The molecular formula is C22H24N4O3. The molecule has 4 N–H and O–H groups in total. The van der Waals surface area contributed by atoms with Crippen LogP contribution in [0.3, 0.4) is 0 Å². The smallest absolute Gasteiger partial charge is 0.250 e. The van der Waals surface area contributed by atoms with Crippen LogP contribution in [0.2, 0.25) is 0 Å². The number of hydrogen-bond donors (Lipinski definition) is 3. The van der Waals surface area contributed by atoms with E-state index in [4.69, 9.17) is 10.5 Å². The number of aliphatic hydroxyl groups excluding tert-OH is 1. The van der Waals surface area contributed by atoms with E-state index in [9.17, 15) is 9.90 Å². The summed E-state index contributed by atoms with van der Waals surface area (Å²) in [6, 6.07) is 13.1. The van der Waals surface area contributed by atoms with Crippen molar-refractivity contribution in [2.24, 2.45) is 5.73 Å². The third kappa shape index (κ3) is 4.41. The third-order valence-corrected chi connectivity index (χ3v) is 5.17. The molecule has 29 heavy (non-hydrogen) atoms. The second kappa shape index (κ2) is 8.36. The molecule has 150 valence electrons. The molecule has 2 aromatic heterocycles. The summed E-state index contributed by atoms with van der Waals surface area (Å²) in [7, 11) is 0. The molecule has 4 rings (SSSR count). The van der Waals surface area contributed by atoms with Crippen LogP contribution in [0.15, 0.2) is 61.1 Å². The number of nitrogens with zero attached hydrogens (tertiary/aromatic N) is 2. The number of carbonyl (C=O) groups is 1. The molecule has 7 heteroatoms. The third-order valence-electron chi connectivity index (χ3n) is 5.17. The van der Waals surface area contributed by atoms with E-state index in [2.05, 4.69) is 10.3 Å². The monoisotopic (exact) mass is 392 g/mol. The summed E-state index contributed by atoms with van der Waals surface area (Å²) >= 11 is 0. The van der Waals surface area contributed by atoms with Gasteiger partial charge in [0.25, 0.3) is 5.91 Å². The van der Waals surface area contributed by atoms with Crippen molar-refractivity contribution in [1.82, 2.24) is 9.55 Å². The number of aromatic nitrogens is 2. The van der Waals surface area contributed by atoms with Crippen molar-refractivity contribution < 1.29 is 14.6 Å². The first kappa shape index (κ1) is 19.0. The van der Waals surface area contributed by atoms with E-state index in [-0.39, 0.29) is 12.1 Å². The second-order valence-electron chi connectivity index (χ2n) is 7.25. The van der Waals surface area contributed by atoms with Gasteiger partial charge in [-0.15, -0.1) is 0 Å². The maximum absolute atomic E-state index is 11.9. The van der Waals surface area contributed by atoms with Crippen LogP contribution in [0.25, 0.3) is 5.69 Å². The standard InChI is InChI=1S/C22H24N4O3/c23-22(28)19-10-7-16(13-20(19)25-15-5-8-17(27)9-6-15)26-12-2-4-21(26)29-18-3-1-11-24-14-18/h1-4,7,10-15,17,25,27H,5-6,8-9H2,(H2,23,28)/t15-,17-. The quantitative estimate of drug-likeness (QED) is 0.596. The molecule has 1 saturated carbocycles. The zero-order valence-electron chi connectivity index (χ0n) is 16.0. The predicted octanol–water partition coefficient (Wildman–Crippen LogP) is 3.48. The fourth-order valence-corrected chi connectivity index (χ4v) is 3.65. The molecule has 1 aliphatic carbocycles. The first-order valence-corrected chi connectivity index (χ1v) is 9.74. The first-order valence-electron chi connectivity index (χ1n) is 9.74. The van der Waals surface area contributed by atoms with Crippen molar-refractivity contribution in [1.29, 1.82) is 0 Å². The van der Waals surface area contributed by atoms with Crippen LogP contribution in [0, 0.1) is 0 Å². The average molecular weight is 392 g/mol. The maximum Gasteiger partial charge on any atom is 0.250 e. The van der Waals surface area contributed by atoms with Gasteiger partial charge >= 0.3 is 0 Å². The van der Waals surface area contributed by atoms with Gasteiger partial charge in [-0.2, -0.15) is 0 Å². The Morgan fingerprint density at radius 1 is 1.17 bits per heavy atom. The Kier molecular flexibility index (Phi) is 5.48. The van der Waals surface area contributed by atoms with Gasteiger partial charge in [0.2, 0.25) is 5.88 Å². The van der Waals surface area contributed by atoms with Gasteiger partial charge in [0.15, 0.2) is 0 Å². The lowest BCUT2D eigenvalue weighted by Crippen LogP contribution is -2.29. The minimum Gasteiger partial charge on any atom is -0.439 e. The molecule has 3 aromatic rings. The van der Waals surface area contributed by atoms with Crippen molar-refractivity contribution in [3.8, 4) is 17.3 Å². The van der Waals surface area contributed by atoms with Gasteiger partial charge in [0.05, 0.1) is 23.6 Å². The number of pyridine rings is 1. The number of rotatable bonds is 6. The molecule has 0 atom stereocenters. The highest BCUT2D eigenvalue weighted by atomic mass is 16.5. The largest absolute Gasteiger partial charge is 0.439 e. The number of benzene rings is 1. The summed E-state index contributed by atoms with van der Waals surface area (Å²) in [4.78, 5) is 16.0. The molecule has 2 heterocycles. The lowest BCUT2D eigenvalue weighted by molar-refractivity contribution is 0.100. The van der Waals surface area contributed by atoms with Crippen LogP contribution < -0.4 is 15.8 Å². The van der Waals surface area contributed by atoms with Crippen molar-refractivity contribution in [3.63, 3.8) is 0 Å². The first-order chi connectivity index (χ1) is 14.1. The van der Waals surface area contributed by atoms with Crippen LogP contribution in [0.5, 0.6) is 11.6 Å². The van der Waals surface area contributed by atoms with Crippen LogP contribution in [0.1, 0.15) is 36.0 Å². The van der Waals surface area contributed by atoms with E-state index in [1.807, 2.05) is 47.2 Å². The van der Waals surface area contributed by atoms with Crippen LogP contribution in [-0.2, 0) is 0 Å². The Balaban J connectivity index is 1.62. The number of ether oxygens (including phenoxy) is 1. The minimum atomic E-state index is -0.478. The second-order valence-corrected chi connectivity index (χ2v) is 7.25. The number of nitrogens with one attached hydrogen (secondary N) is 1. The minimum absolute atomic E-state index is 0.197. The molecule has 0 unspecified atom stereocenters. The number of anilines is 1. The van der Waals surface area contributed by atoms with E-state index >= 15 is 0 Å². The summed E-state index contributed by atoms with van der Waals surface area (Å²) < 4.78 is 7.84. The van der Waals surface area contributed by atoms with Gasteiger partial charge in [0.1, 0.15) is 5.75 Å². The summed E-state index contributed by atoms with van der Waals surface area (Å²) in [5, 5.41) is 13.2. The van der Waals surface area contributed by atoms with Crippen LogP contribution in [-0.4, -0.2) is 32.7 Å². The molecule has 0 spiro atoms. The Hall–Kier alpha value is -3.32. The van der Waals surface area contributed by atoms with Crippen molar-refractivity contribution in [3.05, 3.63) is 66.6 Å². The summed E-state index contributed by atoms with van der Waals surface area (Å²) in [5.74, 6) is 0.797. The Bertz CT molecular complexity index is 979. The number of nitrogens with two attached hydrogens (primary N) is 1. The fraction of sp³-hybridized carbons (Fsp3) is 0.273. The highest BCUT2D eigenvalue weighted by Crippen LogP contribution is 2.29. The zero-order chi connectivity index (χ0) is 20.2. The van der Waals surface area contributed by atoms with Gasteiger partial charge in [-0.25, -0.2) is 0 Å². The van der Waals surface area contributed by atoms with E-state index in [0.29, 0.717) is 22.9 Å². The SMILES string of the molecule is NC(=O)c1ccc(-n2cccc2Oc2cccnc2)cc1N[C@H]1CC[C@H](O)CC1. The lowest BCUT2D eigenvalue weighted by atomic mass is 9.92. The highest BCUT2D eigenvalue weighted by molar-refractivity contribution is 5.99. The molecule has 0 radical (unpaired) electrons. The fourth-order valence-electron chi connectivity index (χ4n) is 3.65. The maximum atomic E-state index is 11.9. The molecular weight excluding hydrogens is 368 g/mol. The molecule has 1 aromatic carbocycles. The van der Waals surface area contributed by atoms with Crippen LogP contribution >= 0.6 is 0 Å². The Labute approximate surface area is 169 Å². The lowest BCUT2D eigenvalue weighted by Gasteiger charge is -2.28. The number of amides is 1. The number of carbonyl (C=O) groups excluding carboxylic acids is 1. The molecule has 1 aliphatic rings. The van der Waals surface area contributed by atoms with E-state index in [1.165, 1.54) is 0 Å². The van der Waals surface area contributed by atoms with E-state index in [0.717, 1.165) is 31.4 Å². The molecule has 1 amide bonds. The molecule has 0 saturated heterocycles. The summed E-state index contributed by atoms with van der Waals surface area (Å²) in [6.07, 6.45) is 8.21. The van der Waals surface area contributed by atoms with Crippen molar-refractivity contribution in [2.45, 2.75) is 37.8 Å².